The smallest absolute Gasteiger partial charge is 0.282 e. The van der Waals surface area contributed by atoms with Crippen LogP contribution < -0.4 is 4.90 Å². The number of piperazine rings is 1. The molecule has 2 aromatic heterocycles. The third-order valence-corrected chi connectivity index (χ3v) is 11.0. The van der Waals surface area contributed by atoms with Gasteiger partial charge < -0.3 is 15.0 Å². The van der Waals surface area contributed by atoms with Gasteiger partial charge >= 0.3 is 0 Å². The molecule has 0 radical (unpaired) electrons. The second kappa shape index (κ2) is 8.45. The molecule has 13 heteroatoms. The minimum atomic E-state index is -3.81. The molecule has 0 amide bonds. The fourth-order valence-corrected chi connectivity index (χ4v) is 8.75. The summed E-state index contributed by atoms with van der Waals surface area (Å²) < 4.78 is 53.9. The molecule has 0 aromatic carbocycles. The molecule has 2 saturated heterocycles. The topological polar surface area (TPSA) is 140 Å². The van der Waals surface area contributed by atoms with Crippen LogP contribution in [0.15, 0.2) is 18.6 Å². The Bertz CT molecular complexity index is 1210. The summed E-state index contributed by atoms with van der Waals surface area (Å²) in [4.78, 5) is 13.9. The third kappa shape index (κ3) is 4.36. The van der Waals surface area contributed by atoms with E-state index in [9.17, 15) is 21.9 Å². The van der Waals surface area contributed by atoms with E-state index in [1.807, 2.05) is 12.3 Å². The summed E-state index contributed by atoms with van der Waals surface area (Å²) >= 11 is 0. The maximum absolute atomic E-state index is 13.7. The van der Waals surface area contributed by atoms with Crippen LogP contribution in [0.3, 0.4) is 0 Å². The molecule has 182 valence electrons. The molecule has 1 aliphatic carbocycles. The van der Waals surface area contributed by atoms with Crippen molar-refractivity contribution in [3.8, 4) is 0 Å². The number of fused-ring (bicyclic) bond motifs is 1. The predicted molar refractivity (Wildman–Crippen MR) is 124 cm³/mol. The first-order valence-electron chi connectivity index (χ1n) is 11.4. The van der Waals surface area contributed by atoms with Crippen LogP contribution in [-0.4, -0.2) is 102 Å². The van der Waals surface area contributed by atoms with Crippen LogP contribution in [0, 0.1) is 5.92 Å². The van der Waals surface area contributed by atoms with E-state index < -0.39 is 25.6 Å². The third-order valence-electron chi connectivity index (χ3n) is 7.14. The van der Waals surface area contributed by atoms with Crippen molar-refractivity contribution in [2.75, 3.05) is 55.7 Å². The first-order chi connectivity index (χ1) is 15.7. The van der Waals surface area contributed by atoms with Gasteiger partial charge in [0.1, 0.15) is 27.6 Å². The monoisotopic (exact) mass is 498 g/mol. The van der Waals surface area contributed by atoms with E-state index in [0.717, 1.165) is 29.7 Å². The van der Waals surface area contributed by atoms with Crippen molar-refractivity contribution in [3.63, 3.8) is 0 Å². The summed E-state index contributed by atoms with van der Waals surface area (Å²) in [7, 11) is -6.82. The summed E-state index contributed by atoms with van der Waals surface area (Å²) in [5.41, 5.74) is 0.275. The summed E-state index contributed by atoms with van der Waals surface area (Å²) in [6.45, 7) is 1.37. The molecule has 1 saturated carbocycles. The van der Waals surface area contributed by atoms with Crippen molar-refractivity contribution >= 4 is 36.9 Å². The largest absolute Gasteiger partial charge is 0.395 e. The van der Waals surface area contributed by atoms with E-state index in [0.29, 0.717) is 32.5 Å². The highest BCUT2D eigenvalue weighted by Gasteiger charge is 2.57. The Hall–Kier alpha value is -1.80. The average Bonchev–Trinajstić information content (AvgIpc) is 3.35. The molecule has 2 aliphatic heterocycles. The summed E-state index contributed by atoms with van der Waals surface area (Å²) in [6.07, 6.45) is 5.81. The van der Waals surface area contributed by atoms with Gasteiger partial charge in [0.2, 0.25) is 0 Å². The molecule has 11 nitrogen and oxygen atoms in total. The number of hydrogen-bond donors (Lipinski definition) is 2. The fourth-order valence-electron chi connectivity index (χ4n) is 5.13. The molecule has 0 atom stereocenters. The number of aromatic amines is 1. The predicted octanol–water partition coefficient (Wildman–Crippen LogP) is -0.0236. The van der Waals surface area contributed by atoms with Gasteiger partial charge in [-0.05, 0) is 37.7 Å². The maximum Gasteiger partial charge on any atom is 0.282 e. The van der Waals surface area contributed by atoms with Crippen LogP contribution in [0.25, 0.3) is 11.0 Å². The molecule has 4 heterocycles. The van der Waals surface area contributed by atoms with E-state index in [1.54, 1.807) is 4.31 Å². The summed E-state index contributed by atoms with van der Waals surface area (Å²) in [6, 6.07) is 1.93. The minimum absolute atomic E-state index is 0.0117. The van der Waals surface area contributed by atoms with E-state index >= 15 is 0 Å². The second-order valence-corrected chi connectivity index (χ2v) is 13.5. The highest BCUT2D eigenvalue weighted by molar-refractivity contribution is 7.91. The van der Waals surface area contributed by atoms with Crippen LogP contribution in [0.5, 0.6) is 0 Å². The molecule has 2 N–H and O–H groups in total. The summed E-state index contributed by atoms with van der Waals surface area (Å²) in [5, 5.41) is 10.5. The van der Waals surface area contributed by atoms with Gasteiger partial charge in [-0.25, -0.2) is 18.4 Å². The molecule has 0 bridgehead atoms. The van der Waals surface area contributed by atoms with Gasteiger partial charge in [-0.3, -0.25) is 0 Å². The van der Waals surface area contributed by atoms with Crippen LogP contribution in [0.4, 0.5) is 5.82 Å². The van der Waals surface area contributed by atoms with E-state index in [2.05, 4.69) is 19.9 Å². The Morgan fingerprint density at radius 2 is 1.97 bits per heavy atom. The molecule has 3 aliphatic rings. The number of nitrogens with zero attached hydrogens (tertiary/aromatic N) is 5. The van der Waals surface area contributed by atoms with E-state index in [4.69, 9.17) is 0 Å². The lowest BCUT2D eigenvalue weighted by molar-refractivity contribution is 0.205. The molecule has 33 heavy (non-hydrogen) atoms. The van der Waals surface area contributed by atoms with Crippen LogP contribution >= 0.6 is 0 Å². The van der Waals surface area contributed by atoms with E-state index in [-0.39, 0.29) is 37.1 Å². The highest BCUT2D eigenvalue weighted by Crippen LogP contribution is 2.47. The van der Waals surface area contributed by atoms with Crippen molar-refractivity contribution < 1.29 is 21.9 Å². The fraction of sp³-hybridized carbons (Fsp3) is 0.700. The summed E-state index contributed by atoms with van der Waals surface area (Å²) in [5.74, 6) is 0.981. The van der Waals surface area contributed by atoms with Crippen molar-refractivity contribution in [2.24, 2.45) is 5.92 Å². The Labute approximate surface area is 193 Å². The molecule has 1 spiro atoms. The van der Waals surface area contributed by atoms with Gasteiger partial charge in [0.15, 0.2) is 0 Å². The Morgan fingerprint density at radius 3 is 2.67 bits per heavy atom. The zero-order valence-electron chi connectivity index (χ0n) is 18.4. The van der Waals surface area contributed by atoms with Crippen molar-refractivity contribution in [1.29, 1.82) is 0 Å². The number of aromatic nitrogens is 3. The quantitative estimate of drug-likeness (QED) is 0.543. The average molecular weight is 499 g/mol. The molecular weight excluding hydrogens is 468 g/mol. The number of nitrogens with one attached hydrogen (secondary N) is 1. The number of sulfone groups is 1. The van der Waals surface area contributed by atoms with Crippen LogP contribution in [0.1, 0.15) is 25.7 Å². The first kappa shape index (κ1) is 23.0. The molecule has 5 rings (SSSR count). The number of hydrogen-bond acceptors (Lipinski definition) is 8. The van der Waals surface area contributed by atoms with Gasteiger partial charge in [0.25, 0.3) is 10.2 Å². The van der Waals surface area contributed by atoms with Crippen molar-refractivity contribution in [3.05, 3.63) is 18.6 Å². The number of aliphatic hydroxyl groups excluding tert-OH is 1. The van der Waals surface area contributed by atoms with Gasteiger partial charge in [-0.15, -0.1) is 0 Å². The van der Waals surface area contributed by atoms with Crippen LogP contribution in [-0.2, 0) is 20.0 Å². The molecular formula is C20H30N6O5S2. The first-order valence-corrected chi connectivity index (χ1v) is 14.6. The second-order valence-electron chi connectivity index (χ2n) is 9.34. The van der Waals surface area contributed by atoms with Crippen LogP contribution in [0.2, 0.25) is 0 Å². The number of aliphatic hydroxyl groups is 1. The minimum Gasteiger partial charge on any atom is -0.395 e. The van der Waals surface area contributed by atoms with Crippen molar-refractivity contribution in [1.82, 2.24) is 23.6 Å². The lowest BCUT2D eigenvalue weighted by Crippen LogP contribution is -2.60. The highest BCUT2D eigenvalue weighted by atomic mass is 32.2. The van der Waals surface area contributed by atoms with E-state index in [1.165, 1.54) is 10.6 Å². The normalized spacial score (nSPS) is 23.5. The van der Waals surface area contributed by atoms with Gasteiger partial charge in [-0.1, -0.05) is 0 Å². The molecule has 2 aromatic rings. The zero-order chi connectivity index (χ0) is 23.3. The van der Waals surface area contributed by atoms with Gasteiger partial charge in [-0.2, -0.15) is 17.0 Å². The van der Waals surface area contributed by atoms with Gasteiger partial charge in [0.05, 0.1) is 29.0 Å². The Balaban J connectivity index is 1.34. The molecule has 3 fully saturated rings. The number of anilines is 1. The SMILES string of the molecule is O=S1(=O)CCC(CN(CCO)S(=O)(=O)N2CCN(c3ncnc4[nH]ccc34)CC23CC3)CC1. The van der Waals surface area contributed by atoms with Gasteiger partial charge in [0, 0.05) is 38.9 Å². The standard InChI is InChI=1S/C20H30N6O5S2/c27-10-9-25(13-16-2-11-32(28,29)12-3-16)33(30,31)26-8-7-24(14-20(26)4-5-20)19-17-1-6-21-18(17)22-15-23-19/h1,6,15-16,27H,2-5,7-14H2,(H,21,22,23). The Morgan fingerprint density at radius 1 is 1.21 bits per heavy atom. The zero-order valence-corrected chi connectivity index (χ0v) is 20.1. The lowest BCUT2D eigenvalue weighted by atomic mass is 10.0. The number of H-pyrrole nitrogens is 1. The lowest BCUT2D eigenvalue weighted by Gasteiger charge is -2.44. The van der Waals surface area contributed by atoms with Crippen molar-refractivity contribution in [2.45, 2.75) is 31.2 Å². The molecule has 0 unspecified atom stereocenters. The Kier molecular flexibility index (Phi) is 5.88. The maximum atomic E-state index is 13.7. The number of rotatable bonds is 7.